The zero-order chi connectivity index (χ0) is 13.8. The highest BCUT2D eigenvalue weighted by atomic mass is 16.5. The van der Waals surface area contributed by atoms with Crippen molar-refractivity contribution in [3.05, 3.63) is 35.4 Å². The van der Waals surface area contributed by atoms with Gasteiger partial charge in [-0.25, -0.2) is 9.67 Å². The summed E-state index contributed by atoms with van der Waals surface area (Å²) in [4.78, 5) is 4.50. The van der Waals surface area contributed by atoms with Crippen molar-refractivity contribution in [2.75, 3.05) is 12.8 Å². The van der Waals surface area contributed by atoms with Crippen LogP contribution in [0.25, 0.3) is 0 Å². The molecule has 0 amide bonds. The minimum Gasteiger partial charge on any atom is -0.496 e. The minimum absolute atomic E-state index is 0.652. The highest BCUT2D eigenvalue weighted by Gasteiger charge is 2.10. The normalized spacial score (nSPS) is 10.7. The minimum atomic E-state index is 0.652. The Labute approximate surface area is 113 Å². The summed E-state index contributed by atoms with van der Waals surface area (Å²) in [6, 6.07) is 5.68. The van der Waals surface area contributed by atoms with Crippen LogP contribution >= 0.6 is 0 Å². The van der Waals surface area contributed by atoms with Crippen molar-refractivity contribution in [1.29, 1.82) is 0 Å². The van der Waals surface area contributed by atoms with E-state index < -0.39 is 0 Å². The van der Waals surface area contributed by atoms with E-state index in [1.807, 2.05) is 22.9 Å². The largest absolute Gasteiger partial charge is 0.496 e. The molecular formula is C14H20N4O. The second-order valence-electron chi connectivity index (χ2n) is 4.38. The maximum absolute atomic E-state index is 5.76. The number of rotatable bonds is 5. The summed E-state index contributed by atoms with van der Waals surface area (Å²) >= 11 is 0. The Morgan fingerprint density at radius 2 is 2.05 bits per heavy atom. The smallest absolute Gasteiger partial charge is 0.150 e. The Bertz CT molecular complexity index is 563. The fourth-order valence-corrected chi connectivity index (χ4v) is 2.02. The predicted molar refractivity (Wildman–Crippen MR) is 75.3 cm³/mol. The van der Waals surface area contributed by atoms with Crippen LogP contribution in [0.3, 0.4) is 0 Å². The number of hydrogen-bond acceptors (Lipinski definition) is 4. The first kappa shape index (κ1) is 13.4. The van der Waals surface area contributed by atoms with Gasteiger partial charge in [-0.1, -0.05) is 19.9 Å². The van der Waals surface area contributed by atoms with Gasteiger partial charge in [0.2, 0.25) is 0 Å². The molecule has 5 heteroatoms. The van der Waals surface area contributed by atoms with Crippen molar-refractivity contribution >= 4 is 5.69 Å². The Morgan fingerprint density at radius 3 is 2.68 bits per heavy atom. The molecular weight excluding hydrogens is 240 g/mol. The summed E-state index contributed by atoms with van der Waals surface area (Å²) in [7, 11) is 1.65. The Hall–Kier alpha value is -2.04. The number of benzene rings is 1. The SMILES string of the molecule is CCc1nc(CC)n(Cc2ccc(N)cc2OC)n1. The van der Waals surface area contributed by atoms with Gasteiger partial charge < -0.3 is 10.5 Å². The first-order chi connectivity index (χ1) is 9.17. The van der Waals surface area contributed by atoms with E-state index in [1.165, 1.54) is 0 Å². The summed E-state index contributed by atoms with van der Waals surface area (Å²) in [5.41, 5.74) is 7.52. The van der Waals surface area contributed by atoms with E-state index in [4.69, 9.17) is 10.5 Å². The van der Waals surface area contributed by atoms with Crippen molar-refractivity contribution in [1.82, 2.24) is 14.8 Å². The monoisotopic (exact) mass is 260 g/mol. The fraction of sp³-hybridized carbons (Fsp3) is 0.429. The average molecular weight is 260 g/mol. The second kappa shape index (κ2) is 5.73. The number of anilines is 1. The summed E-state index contributed by atoms with van der Waals surface area (Å²) in [5, 5.41) is 4.51. The average Bonchev–Trinajstić information content (AvgIpc) is 2.83. The molecule has 102 valence electrons. The molecule has 2 rings (SSSR count). The summed E-state index contributed by atoms with van der Waals surface area (Å²) in [5.74, 6) is 2.66. The highest BCUT2D eigenvalue weighted by molar-refractivity contribution is 5.48. The second-order valence-corrected chi connectivity index (χ2v) is 4.38. The van der Waals surface area contributed by atoms with E-state index in [0.717, 1.165) is 35.8 Å². The van der Waals surface area contributed by atoms with Gasteiger partial charge in [-0.2, -0.15) is 5.10 Å². The Morgan fingerprint density at radius 1 is 1.26 bits per heavy atom. The molecule has 19 heavy (non-hydrogen) atoms. The van der Waals surface area contributed by atoms with E-state index in [0.29, 0.717) is 12.2 Å². The number of aromatic nitrogens is 3. The molecule has 0 aliphatic carbocycles. The number of methoxy groups -OCH3 is 1. The van der Waals surface area contributed by atoms with Crippen LogP contribution in [0.5, 0.6) is 5.75 Å². The van der Waals surface area contributed by atoms with E-state index >= 15 is 0 Å². The third-order valence-electron chi connectivity index (χ3n) is 3.06. The molecule has 2 N–H and O–H groups in total. The molecule has 0 fully saturated rings. The van der Waals surface area contributed by atoms with Gasteiger partial charge in [0.05, 0.1) is 13.7 Å². The van der Waals surface area contributed by atoms with Crippen LogP contribution in [0, 0.1) is 0 Å². The van der Waals surface area contributed by atoms with Crippen LogP contribution in [0.15, 0.2) is 18.2 Å². The highest BCUT2D eigenvalue weighted by Crippen LogP contribution is 2.22. The predicted octanol–water partition coefficient (Wildman–Crippen LogP) is 2.04. The quantitative estimate of drug-likeness (QED) is 0.835. The molecule has 0 unspecified atom stereocenters. The first-order valence-corrected chi connectivity index (χ1v) is 6.52. The lowest BCUT2D eigenvalue weighted by Gasteiger charge is -2.10. The lowest BCUT2D eigenvalue weighted by atomic mass is 10.2. The molecule has 0 spiro atoms. The fourth-order valence-electron chi connectivity index (χ4n) is 2.02. The van der Waals surface area contributed by atoms with Crippen LogP contribution in [0.4, 0.5) is 5.69 Å². The van der Waals surface area contributed by atoms with Crippen LogP contribution in [0.2, 0.25) is 0 Å². The van der Waals surface area contributed by atoms with E-state index in [1.54, 1.807) is 7.11 Å². The van der Waals surface area contributed by atoms with Crippen molar-refractivity contribution < 1.29 is 4.74 Å². The third kappa shape index (κ3) is 2.86. The molecule has 0 aliphatic heterocycles. The van der Waals surface area contributed by atoms with Gasteiger partial charge in [-0.3, -0.25) is 0 Å². The number of aryl methyl sites for hydroxylation is 2. The Balaban J connectivity index is 2.32. The number of nitrogens with two attached hydrogens (primary N) is 1. The van der Waals surface area contributed by atoms with Crippen LogP contribution < -0.4 is 10.5 Å². The number of ether oxygens (including phenoxy) is 1. The van der Waals surface area contributed by atoms with Gasteiger partial charge >= 0.3 is 0 Å². The maximum atomic E-state index is 5.76. The van der Waals surface area contributed by atoms with E-state index in [9.17, 15) is 0 Å². The lowest BCUT2D eigenvalue weighted by molar-refractivity contribution is 0.407. The number of nitrogen functional groups attached to an aromatic ring is 1. The molecule has 2 aromatic rings. The zero-order valence-corrected chi connectivity index (χ0v) is 11.7. The van der Waals surface area contributed by atoms with Crippen LogP contribution in [0.1, 0.15) is 31.1 Å². The van der Waals surface area contributed by atoms with Gasteiger partial charge in [-0.05, 0) is 6.07 Å². The molecule has 0 saturated carbocycles. The van der Waals surface area contributed by atoms with Crippen molar-refractivity contribution in [2.45, 2.75) is 33.2 Å². The first-order valence-electron chi connectivity index (χ1n) is 6.52. The molecule has 0 aliphatic rings. The van der Waals surface area contributed by atoms with E-state index in [2.05, 4.69) is 23.9 Å². The number of nitrogens with zero attached hydrogens (tertiary/aromatic N) is 3. The molecule has 1 aromatic heterocycles. The molecule has 0 atom stereocenters. The van der Waals surface area contributed by atoms with E-state index in [-0.39, 0.29) is 0 Å². The van der Waals surface area contributed by atoms with Crippen LogP contribution in [-0.2, 0) is 19.4 Å². The topological polar surface area (TPSA) is 66.0 Å². The maximum Gasteiger partial charge on any atom is 0.150 e. The lowest BCUT2D eigenvalue weighted by Crippen LogP contribution is -2.08. The summed E-state index contributed by atoms with van der Waals surface area (Å²) in [6.45, 7) is 4.79. The summed E-state index contributed by atoms with van der Waals surface area (Å²) in [6.07, 6.45) is 1.71. The van der Waals surface area contributed by atoms with Gasteiger partial charge in [0.25, 0.3) is 0 Å². The molecule has 0 saturated heterocycles. The van der Waals surface area contributed by atoms with Crippen LogP contribution in [-0.4, -0.2) is 21.9 Å². The summed E-state index contributed by atoms with van der Waals surface area (Å²) < 4.78 is 7.30. The van der Waals surface area contributed by atoms with Gasteiger partial charge in [0.1, 0.15) is 11.6 Å². The van der Waals surface area contributed by atoms with Crippen molar-refractivity contribution in [3.63, 3.8) is 0 Å². The standard InChI is InChI=1S/C14H20N4O/c1-4-13-16-14(5-2)18(17-13)9-10-6-7-11(15)8-12(10)19-3/h6-8H,4-5,9,15H2,1-3H3. The molecule has 5 nitrogen and oxygen atoms in total. The van der Waals surface area contributed by atoms with Crippen molar-refractivity contribution in [3.8, 4) is 5.75 Å². The molecule has 1 heterocycles. The zero-order valence-electron chi connectivity index (χ0n) is 11.7. The van der Waals surface area contributed by atoms with Gasteiger partial charge in [0, 0.05) is 30.2 Å². The molecule has 0 bridgehead atoms. The van der Waals surface area contributed by atoms with Gasteiger partial charge in [0.15, 0.2) is 5.82 Å². The number of hydrogen-bond donors (Lipinski definition) is 1. The molecule has 0 radical (unpaired) electrons. The van der Waals surface area contributed by atoms with Gasteiger partial charge in [-0.15, -0.1) is 0 Å². The van der Waals surface area contributed by atoms with Crippen molar-refractivity contribution in [2.24, 2.45) is 0 Å². The third-order valence-corrected chi connectivity index (χ3v) is 3.06. The molecule has 1 aromatic carbocycles. The Kier molecular flexibility index (Phi) is 4.04.